The molecule has 0 saturated carbocycles. The van der Waals surface area contributed by atoms with Crippen LogP contribution >= 0.6 is 0 Å². The molecule has 2 fully saturated rings. The predicted octanol–water partition coefficient (Wildman–Crippen LogP) is 1.57. The SMILES string of the molecule is O=S(=O)(N[C@H]1CO[C@H]2[C@H]1OC[C@H]2n1cc(-c2ccccn2)nn1)c1cccc2cccnc12. The van der Waals surface area contributed by atoms with Gasteiger partial charge in [0.1, 0.15) is 28.8 Å². The van der Waals surface area contributed by atoms with E-state index in [-0.39, 0.29) is 23.6 Å². The Kier molecular flexibility index (Phi) is 4.91. The van der Waals surface area contributed by atoms with Crippen LogP contribution in [0.25, 0.3) is 22.3 Å². The minimum atomic E-state index is -3.84. The number of ether oxygens (including phenoxy) is 2. The van der Waals surface area contributed by atoms with Gasteiger partial charge in [0.2, 0.25) is 10.0 Å². The molecule has 0 spiro atoms. The fourth-order valence-corrected chi connectivity index (χ4v) is 5.84. The minimum absolute atomic E-state index is 0.134. The Labute approximate surface area is 189 Å². The van der Waals surface area contributed by atoms with Crippen LogP contribution in [0.5, 0.6) is 0 Å². The lowest BCUT2D eigenvalue weighted by Crippen LogP contribution is -2.44. The van der Waals surface area contributed by atoms with Crippen molar-refractivity contribution < 1.29 is 17.9 Å². The van der Waals surface area contributed by atoms with Crippen LogP contribution in [0.15, 0.2) is 72.0 Å². The maximum atomic E-state index is 13.2. The van der Waals surface area contributed by atoms with E-state index >= 15 is 0 Å². The smallest absolute Gasteiger partial charge is 0.243 e. The summed E-state index contributed by atoms with van der Waals surface area (Å²) >= 11 is 0. The number of hydrogen-bond donors (Lipinski definition) is 1. The van der Waals surface area contributed by atoms with E-state index in [0.717, 1.165) is 11.1 Å². The Bertz CT molecular complexity index is 1410. The molecule has 0 bridgehead atoms. The third-order valence-electron chi connectivity index (χ3n) is 6.00. The van der Waals surface area contributed by atoms with Crippen LogP contribution < -0.4 is 4.72 Å². The van der Waals surface area contributed by atoms with Crippen molar-refractivity contribution in [3.8, 4) is 11.4 Å². The molecular weight excluding hydrogens is 444 g/mol. The van der Waals surface area contributed by atoms with Crippen LogP contribution in [0.4, 0.5) is 0 Å². The standard InChI is InChI=1S/C22H20N6O4S/c29-33(30,19-8-3-5-14-6-4-10-24-20(14)19)26-17-12-31-22-18(13-32-21(17)22)28-11-16(25-27-28)15-7-1-2-9-23-15/h1-11,17-18,21-22,26H,12-13H2/t17-,18+,21-,22+/m0/s1. The maximum Gasteiger partial charge on any atom is 0.243 e. The second kappa shape index (κ2) is 7.96. The first-order chi connectivity index (χ1) is 16.1. The molecule has 0 unspecified atom stereocenters. The highest BCUT2D eigenvalue weighted by atomic mass is 32.2. The normalized spacial score (nSPS) is 24.8. The van der Waals surface area contributed by atoms with E-state index in [9.17, 15) is 8.42 Å². The van der Waals surface area contributed by atoms with E-state index in [1.54, 1.807) is 41.5 Å². The molecule has 3 aromatic heterocycles. The van der Waals surface area contributed by atoms with E-state index < -0.39 is 22.2 Å². The van der Waals surface area contributed by atoms with Gasteiger partial charge >= 0.3 is 0 Å². The molecule has 11 heteroatoms. The quantitative estimate of drug-likeness (QED) is 0.473. The van der Waals surface area contributed by atoms with Crippen LogP contribution in [0.3, 0.4) is 0 Å². The van der Waals surface area contributed by atoms with Crippen molar-refractivity contribution in [2.24, 2.45) is 0 Å². The van der Waals surface area contributed by atoms with Crippen LogP contribution in [0, 0.1) is 0 Å². The highest BCUT2D eigenvalue weighted by Gasteiger charge is 2.50. The Morgan fingerprint density at radius 1 is 0.909 bits per heavy atom. The zero-order valence-corrected chi connectivity index (χ0v) is 18.2. The number of pyridine rings is 2. The zero-order valence-electron chi connectivity index (χ0n) is 17.4. The van der Waals surface area contributed by atoms with Crippen molar-refractivity contribution in [1.29, 1.82) is 0 Å². The maximum absolute atomic E-state index is 13.2. The molecule has 1 aromatic carbocycles. The Morgan fingerprint density at radius 3 is 2.64 bits per heavy atom. The van der Waals surface area contributed by atoms with E-state index in [2.05, 4.69) is 25.0 Å². The van der Waals surface area contributed by atoms with E-state index in [1.807, 2.05) is 30.3 Å². The van der Waals surface area contributed by atoms with Gasteiger partial charge in [-0.2, -0.15) is 0 Å². The van der Waals surface area contributed by atoms with E-state index in [4.69, 9.17) is 9.47 Å². The third-order valence-corrected chi connectivity index (χ3v) is 7.52. The lowest BCUT2D eigenvalue weighted by Gasteiger charge is -2.18. The minimum Gasteiger partial charge on any atom is -0.371 e. The summed E-state index contributed by atoms with van der Waals surface area (Å²) in [6, 6.07) is 13.5. The van der Waals surface area contributed by atoms with Crippen molar-refractivity contribution in [2.75, 3.05) is 13.2 Å². The molecule has 2 aliphatic heterocycles. The first-order valence-corrected chi connectivity index (χ1v) is 12.0. The van der Waals surface area contributed by atoms with Crippen LogP contribution in [-0.2, 0) is 19.5 Å². The molecule has 4 atom stereocenters. The monoisotopic (exact) mass is 464 g/mol. The number of benzene rings is 1. The van der Waals surface area contributed by atoms with Gasteiger partial charge in [-0.05, 0) is 24.3 Å². The molecule has 33 heavy (non-hydrogen) atoms. The van der Waals surface area contributed by atoms with Gasteiger partial charge < -0.3 is 9.47 Å². The number of nitrogens with one attached hydrogen (secondary N) is 1. The topological polar surface area (TPSA) is 121 Å². The lowest BCUT2D eigenvalue weighted by molar-refractivity contribution is 0.0624. The van der Waals surface area contributed by atoms with Crippen LogP contribution in [-0.4, -0.2) is 64.8 Å². The molecule has 0 aliphatic carbocycles. The number of fused-ring (bicyclic) bond motifs is 2. The van der Waals surface area contributed by atoms with Gasteiger partial charge in [-0.3, -0.25) is 9.97 Å². The van der Waals surface area contributed by atoms with Gasteiger partial charge in [-0.1, -0.05) is 29.5 Å². The number of rotatable bonds is 5. The number of hydrogen-bond acceptors (Lipinski definition) is 8. The number of nitrogens with zero attached hydrogens (tertiary/aromatic N) is 5. The molecular formula is C22H20N6O4S. The van der Waals surface area contributed by atoms with Crippen molar-refractivity contribution >= 4 is 20.9 Å². The second-order valence-corrected chi connectivity index (χ2v) is 9.70. The summed E-state index contributed by atoms with van der Waals surface area (Å²) in [5.74, 6) is 0. The summed E-state index contributed by atoms with van der Waals surface area (Å²) in [5.41, 5.74) is 1.80. The first-order valence-electron chi connectivity index (χ1n) is 10.5. The van der Waals surface area contributed by atoms with Gasteiger partial charge in [0.15, 0.2) is 0 Å². The summed E-state index contributed by atoms with van der Waals surface area (Å²) in [4.78, 5) is 8.69. The Morgan fingerprint density at radius 2 is 1.76 bits per heavy atom. The predicted molar refractivity (Wildman–Crippen MR) is 118 cm³/mol. The van der Waals surface area contributed by atoms with Gasteiger partial charge in [-0.15, -0.1) is 5.10 Å². The summed E-state index contributed by atoms with van der Waals surface area (Å²) in [7, 11) is -3.84. The molecule has 0 radical (unpaired) electrons. The van der Waals surface area contributed by atoms with Gasteiger partial charge in [0.25, 0.3) is 0 Å². The van der Waals surface area contributed by atoms with Crippen molar-refractivity contribution in [1.82, 2.24) is 29.7 Å². The number of aromatic nitrogens is 5. The fraction of sp³-hybridized carbons (Fsp3) is 0.273. The molecule has 2 saturated heterocycles. The van der Waals surface area contributed by atoms with Gasteiger partial charge in [0.05, 0.1) is 36.7 Å². The molecule has 4 aromatic rings. The number of para-hydroxylation sites is 1. The lowest BCUT2D eigenvalue weighted by atomic mass is 10.1. The van der Waals surface area contributed by atoms with E-state index in [0.29, 0.717) is 17.8 Å². The van der Waals surface area contributed by atoms with Crippen molar-refractivity contribution in [3.05, 3.63) is 67.1 Å². The highest BCUT2D eigenvalue weighted by molar-refractivity contribution is 7.89. The molecule has 0 amide bonds. The van der Waals surface area contributed by atoms with Gasteiger partial charge in [0, 0.05) is 17.8 Å². The van der Waals surface area contributed by atoms with Crippen molar-refractivity contribution in [2.45, 2.75) is 29.2 Å². The average molecular weight is 465 g/mol. The zero-order chi connectivity index (χ0) is 22.4. The largest absolute Gasteiger partial charge is 0.371 e. The summed E-state index contributed by atoms with van der Waals surface area (Å²) in [6.07, 6.45) is 4.31. The summed E-state index contributed by atoms with van der Waals surface area (Å²) in [6.45, 7) is 0.541. The van der Waals surface area contributed by atoms with Gasteiger partial charge in [-0.25, -0.2) is 17.8 Å². The Hall–Kier alpha value is -3.25. The molecule has 168 valence electrons. The van der Waals surface area contributed by atoms with E-state index in [1.165, 1.54) is 0 Å². The number of sulfonamides is 1. The first kappa shape index (κ1) is 20.4. The van der Waals surface area contributed by atoms with Crippen LogP contribution in [0.2, 0.25) is 0 Å². The molecule has 10 nitrogen and oxygen atoms in total. The molecule has 6 rings (SSSR count). The molecule has 5 heterocycles. The molecule has 2 aliphatic rings. The second-order valence-electron chi connectivity index (χ2n) is 8.02. The van der Waals surface area contributed by atoms with Crippen LogP contribution in [0.1, 0.15) is 6.04 Å². The summed E-state index contributed by atoms with van der Waals surface area (Å²) < 4.78 is 42.8. The average Bonchev–Trinajstić information content (AvgIpc) is 3.57. The Balaban J connectivity index is 1.22. The fourth-order valence-electron chi connectivity index (χ4n) is 4.43. The third kappa shape index (κ3) is 3.59. The summed E-state index contributed by atoms with van der Waals surface area (Å²) in [5, 5.41) is 9.21. The van der Waals surface area contributed by atoms with Crippen molar-refractivity contribution in [3.63, 3.8) is 0 Å². The molecule has 1 N–H and O–H groups in total. The highest BCUT2D eigenvalue weighted by Crippen LogP contribution is 2.35.